The van der Waals surface area contributed by atoms with Crippen LogP contribution in [0.5, 0.6) is 0 Å². The van der Waals surface area contributed by atoms with Crippen LogP contribution in [-0.2, 0) is 10.8 Å². The number of nitrogens with zero attached hydrogens (tertiary/aromatic N) is 2. The number of halogens is 4. The molecule has 0 aliphatic rings. The minimum Gasteiger partial charge on any atom is -0.267 e. The summed E-state index contributed by atoms with van der Waals surface area (Å²) >= 11 is 0. The highest BCUT2D eigenvalue weighted by atomic mass is 79.9. The second-order valence-corrected chi connectivity index (χ2v) is 3.38. The van der Waals surface area contributed by atoms with Crippen molar-refractivity contribution in [2.45, 2.75) is 10.4 Å². The summed E-state index contributed by atoms with van der Waals surface area (Å²) in [6, 6.07) is 1.42. The van der Waals surface area contributed by atoms with Gasteiger partial charge in [-0.1, -0.05) is 0 Å². The van der Waals surface area contributed by atoms with E-state index in [1.807, 2.05) is 5.10 Å². The first-order chi connectivity index (χ1) is 5.96. The maximum Gasteiger partial charge on any atom is 0.476 e. The summed E-state index contributed by atoms with van der Waals surface area (Å²) in [5.41, 5.74) is -5.30. The van der Waals surface area contributed by atoms with Crippen molar-refractivity contribution in [2.24, 2.45) is 0 Å². The molecule has 1 rings (SSSR count). The third-order valence-electron chi connectivity index (χ3n) is 1.13. The first-order valence-corrected chi connectivity index (χ1v) is 4.04. The Morgan fingerprint density at radius 2 is 2.14 bits per heavy atom. The van der Waals surface area contributed by atoms with Gasteiger partial charge in [-0.05, 0) is 0 Å². The Kier molecular flexibility index (Phi) is 4.28. The van der Waals surface area contributed by atoms with E-state index < -0.39 is 26.9 Å². The number of nitriles is 1. The van der Waals surface area contributed by atoms with E-state index in [0.717, 1.165) is 6.20 Å². The first kappa shape index (κ1) is 13.1. The van der Waals surface area contributed by atoms with Crippen LogP contribution in [0.2, 0.25) is 0 Å². The minimum absolute atomic E-state index is 0. The predicted octanol–water partition coefficient (Wildman–Crippen LogP) is 1.49. The molecule has 0 aliphatic heterocycles. The summed E-state index contributed by atoms with van der Waals surface area (Å²) in [5.74, 6) is 0. The molecular formula is C5H3BrF3N3OS. The Labute approximate surface area is 89.3 Å². The highest BCUT2D eigenvalue weighted by Gasteiger charge is 2.39. The molecule has 1 heterocycles. The van der Waals surface area contributed by atoms with Crippen molar-refractivity contribution in [1.82, 2.24) is 10.2 Å². The average molecular weight is 290 g/mol. The van der Waals surface area contributed by atoms with Crippen LogP contribution in [0.4, 0.5) is 13.2 Å². The molecule has 14 heavy (non-hydrogen) atoms. The molecule has 0 bridgehead atoms. The van der Waals surface area contributed by atoms with E-state index in [-0.39, 0.29) is 17.0 Å². The Bertz CT molecular complexity index is 382. The van der Waals surface area contributed by atoms with Gasteiger partial charge in [0.25, 0.3) is 0 Å². The number of nitrogens with one attached hydrogen (secondary N) is 1. The Hall–Kier alpha value is -0.880. The molecule has 0 radical (unpaired) electrons. The standard InChI is InChI=1S/C5H2F3N3OS.BrH/c6-5(7,8)13(12)4-2-10-11-3(4)1-9;/h2H,(H,10,11);1H. The zero-order valence-electron chi connectivity index (χ0n) is 6.33. The van der Waals surface area contributed by atoms with Gasteiger partial charge in [-0.25, -0.2) is 4.21 Å². The predicted molar refractivity (Wildman–Crippen MR) is 46.1 cm³/mol. The number of alkyl halides is 3. The molecule has 0 fully saturated rings. The van der Waals surface area contributed by atoms with Crippen molar-refractivity contribution in [1.29, 1.82) is 5.26 Å². The summed E-state index contributed by atoms with van der Waals surface area (Å²) in [6.45, 7) is 0. The van der Waals surface area contributed by atoms with Crippen LogP contribution in [0, 0.1) is 11.3 Å². The molecule has 1 unspecified atom stereocenters. The summed E-state index contributed by atoms with van der Waals surface area (Å²) < 4.78 is 46.3. The van der Waals surface area contributed by atoms with Gasteiger partial charge in [0.1, 0.15) is 11.0 Å². The van der Waals surface area contributed by atoms with Crippen molar-refractivity contribution in [3.05, 3.63) is 11.9 Å². The van der Waals surface area contributed by atoms with Crippen LogP contribution in [0.15, 0.2) is 11.1 Å². The molecule has 1 atom stereocenters. The lowest BCUT2D eigenvalue weighted by molar-refractivity contribution is -0.0384. The van der Waals surface area contributed by atoms with Gasteiger partial charge in [0.15, 0.2) is 16.5 Å². The van der Waals surface area contributed by atoms with Gasteiger partial charge in [-0.2, -0.15) is 23.5 Å². The van der Waals surface area contributed by atoms with E-state index in [2.05, 4.69) is 5.10 Å². The van der Waals surface area contributed by atoms with Gasteiger partial charge in [-0.15, -0.1) is 17.0 Å². The number of aromatic nitrogens is 2. The Morgan fingerprint density at radius 3 is 2.57 bits per heavy atom. The van der Waals surface area contributed by atoms with Crippen molar-refractivity contribution in [3.8, 4) is 6.07 Å². The summed E-state index contributed by atoms with van der Waals surface area (Å²) in [5, 5.41) is 13.5. The molecule has 0 aliphatic carbocycles. The molecule has 0 amide bonds. The van der Waals surface area contributed by atoms with Crippen LogP contribution in [-0.4, -0.2) is 19.9 Å². The molecule has 0 aromatic carbocycles. The fourth-order valence-corrected chi connectivity index (χ4v) is 1.29. The van der Waals surface area contributed by atoms with E-state index in [4.69, 9.17) is 5.26 Å². The number of aromatic amines is 1. The van der Waals surface area contributed by atoms with Crippen molar-refractivity contribution in [2.75, 3.05) is 0 Å². The molecular weight excluding hydrogens is 287 g/mol. The highest BCUT2D eigenvalue weighted by molar-refractivity contribution is 8.93. The van der Waals surface area contributed by atoms with Gasteiger partial charge in [0.05, 0.1) is 6.20 Å². The number of hydrogen-bond donors (Lipinski definition) is 1. The minimum atomic E-state index is -4.87. The van der Waals surface area contributed by atoms with Gasteiger partial charge in [-0.3, -0.25) is 5.10 Å². The van der Waals surface area contributed by atoms with E-state index in [9.17, 15) is 17.4 Å². The van der Waals surface area contributed by atoms with E-state index in [1.165, 1.54) is 6.07 Å². The fraction of sp³-hybridized carbons (Fsp3) is 0.200. The lowest BCUT2D eigenvalue weighted by atomic mass is 10.5. The quantitative estimate of drug-likeness (QED) is 0.851. The zero-order chi connectivity index (χ0) is 10.1. The summed E-state index contributed by atoms with van der Waals surface area (Å²) in [7, 11) is -3.20. The molecule has 0 saturated heterocycles. The van der Waals surface area contributed by atoms with Gasteiger partial charge in [0.2, 0.25) is 0 Å². The summed E-state index contributed by atoms with van der Waals surface area (Å²) in [6.07, 6.45) is 0.724. The maximum absolute atomic E-state index is 11.9. The smallest absolute Gasteiger partial charge is 0.267 e. The third-order valence-corrected chi connectivity index (χ3v) is 2.26. The van der Waals surface area contributed by atoms with Crippen molar-refractivity contribution < 1.29 is 17.4 Å². The SMILES string of the molecule is Br.N#Cc1[nH]ncc1S(=O)C(F)(F)F. The van der Waals surface area contributed by atoms with Crippen LogP contribution in [0.25, 0.3) is 0 Å². The van der Waals surface area contributed by atoms with Crippen LogP contribution < -0.4 is 0 Å². The van der Waals surface area contributed by atoms with Crippen LogP contribution in [0.3, 0.4) is 0 Å². The lowest BCUT2D eigenvalue weighted by Crippen LogP contribution is -2.16. The third kappa shape index (κ3) is 2.55. The maximum atomic E-state index is 11.9. The molecule has 0 saturated carbocycles. The fourth-order valence-electron chi connectivity index (χ4n) is 0.620. The highest BCUT2D eigenvalue weighted by Crippen LogP contribution is 2.26. The zero-order valence-corrected chi connectivity index (χ0v) is 8.86. The summed E-state index contributed by atoms with van der Waals surface area (Å²) in [4.78, 5) is -0.644. The van der Waals surface area contributed by atoms with Gasteiger partial charge >= 0.3 is 5.51 Å². The normalized spacial score (nSPS) is 12.7. The van der Waals surface area contributed by atoms with Crippen molar-refractivity contribution >= 4 is 27.8 Å². The molecule has 0 spiro atoms. The molecule has 78 valence electrons. The Morgan fingerprint density at radius 1 is 1.57 bits per heavy atom. The van der Waals surface area contributed by atoms with Crippen molar-refractivity contribution in [3.63, 3.8) is 0 Å². The van der Waals surface area contributed by atoms with Gasteiger partial charge < -0.3 is 0 Å². The van der Waals surface area contributed by atoms with Crippen LogP contribution in [0.1, 0.15) is 5.69 Å². The molecule has 9 heteroatoms. The number of rotatable bonds is 1. The largest absolute Gasteiger partial charge is 0.476 e. The number of hydrogen-bond acceptors (Lipinski definition) is 3. The molecule has 4 nitrogen and oxygen atoms in total. The molecule has 1 aromatic heterocycles. The van der Waals surface area contributed by atoms with E-state index in [0.29, 0.717) is 0 Å². The second kappa shape index (κ2) is 4.56. The van der Waals surface area contributed by atoms with E-state index in [1.54, 1.807) is 0 Å². The Balaban J connectivity index is 0.00000169. The topological polar surface area (TPSA) is 69.5 Å². The monoisotopic (exact) mass is 289 g/mol. The molecule has 1 N–H and O–H groups in total. The first-order valence-electron chi connectivity index (χ1n) is 2.89. The van der Waals surface area contributed by atoms with Crippen LogP contribution >= 0.6 is 17.0 Å². The van der Waals surface area contributed by atoms with Gasteiger partial charge in [0, 0.05) is 0 Å². The van der Waals surface area contributed by atoms with E-state index >= 15 is 0 Å². The molecule has 1 aromatic rings. The number of H-pyrrole nitrogens is 1. The second-order valence-electron chi connectivity index (χ2n) is 1.94. The lowest BCUT2D eigenvalue weighted by Gasteiger charge is -2.02. The average Bonchev–Trinajstić information content (AvgIpc) is 2.48.